The molecule has 0 spiro atoms. The summed E-state index contributed by atoms with van der Waals surface area (Å²) < 4.78 is 32.1. The summed E-state index contributed by atoms with van der Waals surface area (Å²) in [6, 6.07) is 0. The third-order valence-electron chi connectivity index (χ3n) is 4.31. The van der Waals surface area contributed by atoms with Gasteiger partial charge < -0.3 is 4.74 Å². The van der Waals surface area contributed by atoms with Crippen molar-refractivity contribution in [1.29, 1.82) is 0 Å². The van der Waals surface area contributed by atoms with Crippen LogP contribution in [0.1, 0.15) is 40.0 Å². The second-order valence-corrected chi connectivity index (χ2v) is 8.01. The first-order valence-electron chi connectivity index (χ1n) is 7.13. The van der Waals surface area contributed by atoms with Crippen molar-refractivity contribution in [2.24, 2.45) is 5.92 Å². The summed E-state index contributed by atoms with van der Waals surface area (Å²) in [5.74, 6) is 0.536. The van der Waals surface area contributed by atoms with Gasteiger partial charge in [0, 0.05) is 19.7 Å². The van der Waals surface area contributed by atoms with Gasteiger partial charge in [0.2, 0.25) is 10.0 Å². The zero-order valence-electron chi connectivity index (χ0n) is 12.2. The molecule has 1 saturated heterocycles. The van der Waals surface area contributed by atoms with Crippen LogP contribution < -0.4 is 0 Å². The van der Waals surface area contributed by atoms with Gasteiger partial charge in [-0.15, -0.1) is 0 Å². The zero-order chi connectivity index (χ0) is 14.0. The molecule has 0 aromatic carbocycles. The van der Waals surface area contributed by atoms with E-state index in [1.165, 1.54) is 11.1 Å². The lowest BCUT2D eigenvalue weighted by Gasteiger charge is -2.32. The summed E-state index contributed by atoms with van der Waals surface area (Å²) in [6.45, 7) is 8.07. The lowest BCUT2D eigenvalue weighted by atomic mass is 9.98. The normalized spacial score (nSPS) is 30.7. The Balaban J connectivity index is 1.99. The minimum atomic E-state index is -3.12. The molecule has 2 unspecified atom stereocenters. The van der Waals surface area contributed by atoms with E-state index in [-0.39, 0.29) is 17.8 Å². The zero-order valence-corrected chi connectivity index (χ0v) is 13.0. The molecule has 4 nitrogen and oxygen atoms in total. The van der Waals surface area contributed by atoms with E-state index >= 15 is 0 Å². The Labute approximate surface area is 116 Å². The summed E-state index contributed by atoms with van der Waals surface area (Å²) in [6.07, 6.45) is 2.79. The molecule has 2 rings (SSSR count). The number of hydrogen-bond donors (Lipinski definition) is 0. The van der Waals surface area contributed by atoms with Crippen molar-refractivity contribution >= 4 is 10.0 Å². The molecule has 0 bridgehead atoms. The summed E-state index contributed by atoms with van der Waals surface area (Å²) in [7, 11) is -3.12. The fourth-order valence-corrected chi connectivity index (χ4v) is 4.74. The van der Waals surface area contributed by atoms with Crippen LogP contribution in [0.3, 0.4) is 0 Å². The smallest absolute Gasteiger partial charge is 0.214 e. The maximum Gasteiger partial charge on any atom is 0.214 e. The summed E-state index contributed by atoms with van der Waals surface area (Å²) >= 11 is 0. The van der Waals surface area contributed by atoms with Gasteiger partial charge in [0.05, 0.1) is 11.9 Å². The first kappa shape index (κ1) is 15.0. The molecular formula is C14H25NO3S. The number of ether oxygens (including phenoxy) is 1. The molecular weight excluding hydrogens is 262 g/mol. The third kappa shape index (κ3) is 3.80. The van der Waals surface area contributed by atoms with Gasteiger partial charge in [-0.1, -0.05) is 11.1 Å². The first-order chi connectivity index (χ1) is 8.88. The van der Waals surface area contributed by atoms with Crippen LogP contribution in [0, 0.1) is 5.92 Å². The van der Waals surface area contributed by atoms with E-state index in [4.69, 9.17) is 4.74 Å². The molecule has 1 fully saturated rings. The van der Waals surface area contributed by atoms with Gasteiger partial charge in [-0.25, -0.2) is 8.42 Å². The number of rotatable bonds is 3. The maximum atomic E-state index is 12.5. The van der Waals surface area contributed by atoms with E-state index in [0.717, 1.165) is 19.3 Å². The fraction of sp³-hybridized carbons (Fsp3) is 0.857. The van der Waals surface area contributed by atoms with Crippen LogP contribution in [0.4, 0.5) is 0 Å². The molecule has 0 radical (unpaired) electrons. The Kier molecular flexibility index (Phi) is 4.69. The highest BCUT2D eigenvalue weighted by Crippen LogP contribution is 2.25. The molecule has 0 aliphatic carbocycles. The summed E-state index contributed by atoms with van der Waals surface area (Å²) in [5.41, 5.74) is 2.54. The van der Waals surface area contributed by atoms with Crippen molar-refractivity contribution in [3.8, 4) is 0 Å². The molecule has 2 aliphatic rings. The average molecular weight is 287 g/mol. The standard InChI is InChI=1S/C14H25NO3S/c1-11-4-6-15(9-12(11)2)19(16,17)10-14-5-7-18-13(3)8-14/h13-14H,4-10H2,1-3H3. The van der Waals surface area contributed by atoms with Crippen molar-refractivity contribution in [2.75, 3.05) is 25.4 Å². The van der Waals surface area contributed by atoms with Gasteiger partial charge in [0.15, 0.2) is 0 Å². The van der Waals surface area contributed by atoms with Gasteiger partial charge in [-0.3, -0.25) is 0 Å². The van der Waals surface area contributed by atoms with Crippen molar-refractivity contribution in [2.45, 2.75) is 46.1 Å². The van der Waals surface area contributed by atoms with E-state index < -0.39 is 10.0 Å². The molecule has 0 aromatic rings. The average Bonchev–Trinajstić information content (AvgIpc) is 2.32. The number of sulfonamides is 1. The maximum absolute atomic E-state index is 12.5. The van der Waals surface area contributed by atoms with Gasteiger partial charge in [0.1, 0.15) is 0 Å². The lowest BCUT2D eigenvalue weighted by Crippen LogP contribution is -2.40. The SMILES string of the molecule is CC1=C(C)CN(S(=O)(=O)CC2CCOC(C)C2)CC1. The molecule has 2 heterocycles. The Bertz CT molecular complexity index is 455. The molecule has 2 aliphatic heterocycles. The van der Waals surface area contributed by atoms with Crippen LogP contribution >= 0.6 is 0 Å². The van der Waals surface area contributed by atoms with Crippen LogP contribution in [0.25, 0.3) is 0 Å². The minimum Gasteiger partial charge on any atom is -0.378 e. The van der Waals surface area contributed by atoms with Crippen LogP contribution in [0.2, 0.25) is 0 Å². The second-order valence-electron chi connectivity index (χ2n) is 5.99. The van der Waals surface area contributed by atoms with Crippen LogP contribution in [0.15, 0.2) is 11.1 Å². The minimum absolute atomic E-state index is 0.194. The van der Waals surface area contributed by atoms with E-state index in [1.54, 1.807) is 4.31 Å². The van der Waals surface area contributed by atoms with Crippen molar-refractivity contribution in [3.63, 3.8) is 0 Å². The van der Waals surface area contributed by atoms with E-state index in [1.807, 2.05) is 13.8 Å². The van der Waals surface area contributed by atoms with Gasteiger partial charge in [-0.2, -0.15) is 4.31 Å². The Morgan fingerprint density at radius 2 is 2.05 bits per heavy atom. The molecule has 0 N–H and O–H groups in total. The van der Waals surface area contributed by atoms with Crippen molar-refractivity contribution in [1.82, 2.24) is 4.31 Å². The van der Waals surface area contributed by atoms with Gasteiger partial charge in [-0.05, 0) is 46.0 Å². The highest BCUT2D eigenvalue weighted by Gasteiger charge is 2.30. The van der Waals surface area contributed by atoms with Crippen molar-refractivity contribution in [3.05, 3.63) is 11.1 Å². The van der Waals surface area contributed by atoms with E-state index in [2.05, 4.69) is 6.92 Å². The Morgan fingerprint density at radius 3 is 2.68 bits per heavy atom. The van der Waals surface area contributed by atoms with Crippen LogP contribution in [-0.2, 0) is 14.8 Å². The highest BCUT2D eigenvalue weighted by atomic mass is 32.2. The molecule has 5 heteroatoms. The molecule has 0 aromatic heterocycles. The van der Waals surface area contributed by atoms with Crippen molar-refractivity contribution < 1.29 is 13.2 Å². The molecule has 19 heavy (non-hydrogen) atoms. The number of nitrogens with zero attached hydrogens (tertiary/aromatic N) is 1. The van der Waals surface area contributed by atoms with Crippen LogP contribution in [-0.4, -0.2) is 44.3 Å². The predicted octanol–water partition coefficient (Wildman–Crippen LogP) is 2.17. The fourth-order valence-electron chi connectivity index (χ4n) is 2.87. The Hall–Kier alpha value is -0.390. The molecule has 0 saturated carbocycles. The highest BCUT2D eigenvalue weighted by molar-refractivity contribution is 7.89. The topological polar surface area (TPSA) is 46.6 Å². The van der Waals surface area contributed by atoms with Crippen LogP contribution in [0.5, 0.6) is 0 Å². The summed E-state index contributed by atoms with van der Waals surface area (Å²) in [5, 5.41) is 0. The molecule has 110 valence electrons. The third-order valence-corrected chi connectivity index (χ3v) is 6.30. The van der Waals surface area contributed by atoms with E-state index in [9.17, 15) is 8.42 Å². The van der Waals surface area contributed by atoms with Gasteiger partial charge >= 0.3 is 0 Å². The predicted molar refractivity (Wildman–Crippen MR) is 76.5 cm³/mol. The quantitative estimate of drug-likeness (QED) is 0.747. The summed E-state index contributed by atoms with van der Waals surface area (Å²) in [4.78, 5) is 0. The molecule has 2 atom stereocenters. The Morgan fingerprint density at radius 1 is 1.32 bits per heavy atom. The first-order valence-corrected chi connectivity index (χ1v) is 8.74. The second kappa shape index (κ2) is 5.94. The molecule has 0 amide bonds. The largest absolute Gasteiger partial charge is 0.378 e. The monoisotopic (exact) mass is 287 g/mol. The van der Waals surface area contributed by atoms with E-state index in [0.29, 0.717) is 19.7 Å². The number of hydrogen-bond acceptors (Lipinski definition) is 3. The lowest BCUT2D eigenvalue weighted by molar-refractivity contribution is 0.00733. The van der Waals surface area contributed by atoms with Gasteiger partial charge in [0.25, 0.3) is 0 Å².